The number of nitrogens with two attached hydrogens (primary N) is 1. The Balaban J connectivity index is 1.52. The van der Waals surface area contributed by atoms with E-state index in [0.717, 1.165) is 35.8 Å². The van der Waals surface area contributed by atoms with Gasteiger partial charge in [-0.05, 0) is 31.0 Å². The summed E-state index contributed by atoms with van der Waals surface area (Å²) in [6.07, 6.45) is 4.69. The molecule has 1 aliphatic rings. The molecule has 2 N–H and O–H groups in total. The first-order valence-corrected chi connectivity index (χ1v) is 9.18. The van der Waals surface area contributed by atoms with Crippen molar-refractivity contribution in [2.75, 3.05) is 19.6 Å². The van der Waals surface area contributed by atoms with Crippen molar-refractivity contribution in [2.24, 2.45) is 11.7 Å². The van der Waals surface area contributed by atoms with E-state index in [0.29, 0.717) is 18.2 Å². The van der Waals surface area contributed by atoms with Crippen LogP contribution in [-0.4, -0.2) is 45.2 Å². The van der Waals surface area contributed by atoms with Gasteiger partial charge in [0, 0.05) is 30.2 Å². The van der Waals surface area contributed by atoms with Gasteiger partial charge < -0.3 is 10.6 Å². The number of amides is 1. The lowest BCUT2D eigenvalue weighted by Crippen LogP contribution is -2.30. The number of likely N-dealkylation sites (tertiary alicyclic amines) is 1. The molecule has 128 valence electrons. The third-order valence-corrected chi connectivity index (χ3v) is 5.37. The normalized spacial score (nSPS) is 17.2. The molecule has 1 amide bonds. The topological polar surface area (TPSA) is 77.0 Å². The van der Waals surface area contributed by atoms with E-state index in [1.807, 2.05) is 51.5 Å². The lowest BCUT2D eigenvalue weighted by Gasteiger charge is -2.14. The van der Waals surface area contributed by atoms with Gasteiger partial charge in [-0.25, -0.2) is 9.67 Å². The second-order valence-corrected chi connectivity index (χ2v) is 7.05. The smallest absolute Gasteiger partial charge is 0.273 e. The average molecular weight is 353 g/mol. The standard InChI is InChI=1S/C18H19N5OS/c19-8-13-6-7-22(10-13)18(24)16-12-25-17(21-16)14-9-20-23(11-14)15-4-2-1-3-5-15/h1-5,9,11-13H,6-8,10,19H2/t13-/m0/s1. The van der Waals surface area contributed by atoms with Crippen LogP contribution in [0.1, 0.15) is 16.9 Å². The van der Waals surface area contributed by atoms with Crippen LogP contribution in [0.2, 0.25) is 0 Å². The Kier molecular flexibility index (Phi) is 4.33. The number of hydrogen-bond donors (Lipinski definition) is 1. The summed E-state index contributed by atoms with van der Waals surface area (Å²) in [5, 5.41) is 7.02. The van der Waals surface area contributed by atoms with Gasteiger partial charge in [0.2, 0.25) is 0 Å². The summed E-state index contributed by atoms with van der Waals surface area (Å²) in [7, 11) is 0. The summed E-state index contributed by atoms with van der Waals surface area (Å²) in [6, 6.07) is 9.91. The molecular weight excluding hydrogens is 334 g/mol. The van der Waals surface area contributed by atoms with E-state index in [9.17, 15) is 4.79 Å². The molecule has 1 atom stereocenters. The molecule has 25 heavy (non-hydrogen) atoms. The molecule has 1 aliphatic heterocycles. The van der Waals surface area contributed by atoms with Gasteiger partial charge in [0.15, 0.2) is 0 Å². The minimum atomic E-state index is -0.00565. The molecule has 2 aromatic heterocycles. The van der Waals surface area contributed by atoms with E-state index in [-0.39, 0.29) is 5.91 Å². The number of benzene rings is 1. The summed E-state index contributed by atoms with van der Waals surface area (Å²) >= 11 is 1.47. The molecule has 0 aliphatic carbocycles. The SMILES string of the molecule is NC[C@@H]1CCN(C(=O)c2csc(-c3cnn(-c4ccccc4)c3)n2)C1. The Morgan fingerprint density at radius 1 is 1.32 bits per heavy atom. The number of aromatic nitrogens is 3. The van der Waals surface area contributed by atoms with Crippen molar-refractivity contribution in [1.29, 1.82) is 0 Å². The highest BCUT2D eigenvalue weighted by Gasteiger charge is 2.27. The summed E-state index contributed by atoms with van der Waals surface area (Å²) < 4.78 is 1.81. The predicted molar refractivity (Wildman–Crippen MR) is 97.7 cm³/mol. The van der Waals surface area contributed by atoms with Crippen molar-refractivity contribution in [1.82, 2.24) is 19.7 Å². The van der Waals surface area contributed by atoms with Gasteiger partial charge in [-0.15, -0.1) is 11.3 Å². The van der Waals surface area contributed by atoms with Gasteiger partial charge in [0.25, 0.3) is 5.91 Å². The van der Waals surface area contributed by atoms with Gasteiger partial charge in [0.05, 0.1) is 11.9 Å². The van der Waals surface area contributed by atoms with Crippen LogP contribution in [0.3, 0.4) is 0 Å². The minimum Gasteiger partial charge on any atom is -0.337 e. The maximum absolute atomic E-state index is 12.6. The van der Waals surface area contributed by atoms with Crippen LogP contribution in [-0.2, 0) is 0 Å². The average Bonchev–Trinajstić information content (AvgIpc) is 3.41. The van der Waals surface area contributed by atoms with Crippen molar-refractivity contribution < 1.29 is 4.79 Å². The summed E-state index contributed by atoms with van der Waals surface area (Å²) in [4.78, 5) is 19.0. The number of hydrogen-bond acceptors (Lipinski definition) is 5. The second kappa shape index (κ2) is 6.78. The number of carbonyl (C=O) groups excluding carboxylic acids is 1. The van der Waals surface area contributed by atoms with Crippen LogP contribution in [0.4, 0.5) is 0 Å². The number of thiazole rings is 1. The monoisotopic (exact) mass is 353 g/mol. The lowest BCUT2D eigenvalue weighted by molar-refractivity contribution is 0.0783. The fourth-order valence-electron chi connectivity index (χ4n) is 3.03. The van der Waals surface area contributed by atoms with E-state index < -0.39 is 0 Å². The Labute approximate surface area is 149 Å². The molecule has 0 bridgehead atoms. The highest BCUT2D eigenvalue weighted by atomic mass is 32.1. The Hall–Kier alpha value is -2.51. The van der Waals surface area contributed by atoms with Crippen LogP contribution in [0.25, 0.3) is 16.3 Å². The third-order valence-electron chi connectivity index (χ3n) is 4.48. The highest BCUT2D eigenvalue weighted by molar-refractivity contribution is 7.13. The van der Waals surface area contributed by atoms with Crippen molar-refractivity contribution in [3.8, 4) is 16.3 Å². The zero-order chi connectivity index (χ0) is 17.2. The summed E-state index contributed by atoms with van der Waals surface area (Å²) in [5.41, 5.74) is 8.11. The van der Waals surface area contributed by atoms with E-state index >= 15 is 0 Å². The summed E-state index contributed by atoms with van der Waals surface area (Å²) in [5.74, 6) is 0.403. The molecule has 4 rings (SSSR count). The number of rotatable bonds is 4. The number of carbonyl (C=O) groups is 1. The van der Waals surface area contributed by atoms with Crippen LogP contribution >= 0.6 is 11.3 Å². The van der Waals surface area contributed by atoms with E-state index in [1.165, 1.54) is 11.3 Å². The minimum absolute atomic E-state index is 0.00565. The molecular formula is C18H19N5OS. The van der Waals surface area contributed by atoms with Crippen molar-refractivity contribution in [3.63, 3.8) is 0 Å². The molecule has 0 spiro atoms. The maximum atomic E-state index is 12.6. The molecule has 0 saturated carbocycles. The van der Waals surface area contributed by atoms with Crippen molar-refractivity contribution in [2.45, 2.75) is 6.42 Å². The molecule has 0 unspecified atom stereocenters. The Bertz CT molecular complexity index is 872. The Morgan fingerprint density at radius 2 is 2.16 bits per heavy atom. The molecule has 7 heteroatoms. The molecule has 3 heterocycles. The van der Waals surface area contributed by atoms with Crippen LogP contribution in [0, 0.1) is 5.92 Å². The van der Waals surface area contributed by atoms with E-state index in [4.69, 9.17) is 5.73 Å². The zero-order valence-corrected chi connectivity index (χ0v) is 14.5. The maximum Gasteiger partial charge on any atom is 0.273 e. The first-order valence-electron chi connectivity index (χ1n) is 8.30. The zero-order valence-electron chi connectivity index (χ0n) is 13.7. The molecule has 3 aromatic rings. The first-order chi connectivity index (χ1) is 12.2. The molecule has 1 aromatic carbocycles. The molecule has 6 nitrogen and oxygen atoms in total. The van der Waals surface area contributed by atoms with Gasteiger partial charge >= 0.3 is 0 Å². The second-order valence-electron chi connectivity index (χ2n) is 6.19. The predicted octanol–water partition coefficient (Wildman–Crippen LogP) is 2.42. The lowest BCUT2D eigenvalue weighted by atomic mass is 10.1. The van der Waals surface area contributed by atoms with Gasteiger partial charge in [-0.3, -0.25) is 4.79 Å². The quantitative estimate of drug-likeness (QED) is 0.781. The largest absolute Gasteiger partial charge is 0.337 e. The number of para-hydroxylation sites is 1. The van der Waals surface area contributed by atoms with E-state index in [2.05, 4.69) is 10.1 Å². The van der Waals surface area contributed by atoms with E-state index in [1.54, 1.807) is 6.20 Å². The van der Waals surface area contributed by atoms with Gasteiger partial charge in [0.1, 0.15) is 10.7 Å². The molecule has 1 fully saturated rings. The van der Waals surface area contributed by atoms with Gasteiger partial charge in [-0.2, -0.15) is 5.10 Å². The van der Waals surface area contributed by atoms with Gasteiger partial charge in [-0.1, -0.05) is 18.2 Å². The first kappa shape index (κ1) is 16.0. The highest BCUT2D eigenvalue weighted by Crippen LogP contribution is 2.26. The van der Waals surface area contributed by atoms with Crippen LogP contribution in [0.15, 0.2) is 48.1 Å². The van der Waals surface area contributed by atoms with Crippen molar-refractivity contribution in [3.05, 3.63) is 53.8 Å². The summed E-state index contributed by atoms with van der Waals surface area (Å²) in [6.45, 7) is 2.12. The number of nitrogens with zero attached hydrogens (tertiary/aromatic N) is 4. The van der Waals surface area contributed by atoms with Crippen molar-refractivity contribution >= 4 is 17.2 Å². The fourth-order valence-corrected chi connectivity index (χ4v) is 3.80. The van der Waals surface area contributed by atoms with Crippen LogP contribution in [0.5, 0.6) is 0 Å². The fraction of sp³-hybridized carbons (Fsp3) is 0.278. The Morgan fingerprint density at radius 3 is 2.92 bits per heavy atom. The molecule has 1 saturated heterocycles. The molecule has 0 radical (unpaired) electrons. The van der Waals surface area contributed by atoms with Crippen LogP contribution < -0.4 is 5.73 Å². The third kappa shape index (κ3) is 3.20.